The number of aromatic nitrogens is 1. The van der Waals surface area contributed by atoms with Crippen molar-refractivity contribution in [1.29, 1.82) is 0 Å². The summed E-state index contributed by atoms with van der Waals surface area (Å²) in [5.74, 6) is 0. The van der Waals surface area contributed by atoms with E-state index < -0.39 is 0 Å². The van der Waals surface area contributed by atoms with E-state index in [1.165, 1.54) is 0 Å². The molecule has 2 heterocycles. The van der Waals surface area contributed by atoms with Crippen LogP contribution in [0.15, 0.2) is 10.5 Å². The Labute approximate surface area is 80.6 Å². The first-order valence-corrected chi connectivity index (χ1v) is 5.04. The van der Waals surface area contributed by atoms with Crippen molar-refractivity contribution in [1.82, 2.24) is 4.98 Å². The van der Waals surface area contributed by atoms with Crippen LogP contribution in [-0.4, -0.2) is 23.9 Å². The van der Waals surface area contributed by atoms with Crippen LogP contribution in [0.2, 0.25) is 0 Å². The highest BCUT2D eigenvalue weighted by molar-refractivity contribution is 7.13. The van der Waals surface area contributed by atoms with E-state index in [0.29, 0.717) is 6.61 Å². The SMILES string of the molecule is Cc1csc(N/N=C2\CCOC2)n1. The van der Waals surface area contributed by atoms with E-state index in [2.05, 4.69) is 15.5 Å². The number of aryl methyl sites for hydroxylation is 1. The number of nitrogens with zero attached hydrogens (tertiary/aromatic N) is 2. The van der Waals surface area contributed by atoms with Gasteiger partial charge in [-0.05, 0) is 6.92 Å². The predicted octanol–water partition coefficient (Wildman–Crippen LogP) is 1.64. The lowest BCUT2D eigenvalue weighted by Crippen LogP contribution is -2.00. The number of hydrogen-bond donors (Lipinski definition) is 1. The zero-order chi connectivity index (χ0) is 9.10. The van der Waals surface area contributed by atoms with Crippen LogP contribution in [0.25, 0.3) is 0 Å². The molecular weight excluding hydrogens is 186 g/mol. The molecule has 1 saturated heterocycles. The van der Waals surface area contributed by atoms with Crippen LogP contribution in [0.1, 0.15) is 12.1 Å². The molecule has 0 amide bonds. The monoisotopic (exact) mass is 197 g/mol. The summed E-state index contributed by atoms with van der Waals surface area (Å²) in [7, 11) is 0. The minimum Gasteiger partial charge on any atom is -0.375 e. The third-order valence-electron chi connectivity index (χ3n) is 1.73. The summed E-state index contributed by atoms with van der Waals surface area (Å²) in [6.45, 7) is 3.41. The van der Waals surface area contributed by atoms with E-state index >= 15 is 0 Å². The highest BCUT2D eigenvalue weighted by Crippen LogP contribution is 2.14. The standard InChI is InChI=1S/C8H11N3OS/c1-6-5-13-8(9-6)11-10-7-2-3-12-4-7/h5H,2-4H2,1H3,(H,9,11)/b10-7+. The highest BCUT2D eigenvalue weighted by Gasteiger charge is 2.08. The smallest absolute Gasteiger partial charge is 0.203 e. The fraction of sp³-hybridized carbons (Fsp3) is 0.500. The molecule has 0 unspecified atom stereocenters. The van der Waals surface area contributed by atoms with Crippen LogP contribution >= 0.6 is 11.3 Å². The van der Waals surface area contributed by atoms with Gasteiger partial charge in [-0.25, -0.2) is 4.98 Å². The minimum absolute atomic E-state index is 0.650. The highest BCUT2D eigenvalue weighted by atomic mass is 32.1. The second-order valence-corrected chi connectivity index (χ2v) is 3.74. The van der Waals surface area contributed by atoms with Crippen molar-refractivity contribution < 1.29 is 4.74 Å². The van der Waals surface area contributed by atoms with E-state index in [1.54, 1.807) is 11.3 Å². The van der Waals surface area contributed by atoms with Gasteiger partial charge in [-0.1, -0.05) is 0 Å². The molecule has 4 nitrogen and oxygen atoms in total. The normalized spacial score (nSPS) is 19.6. The van der Waals surface area contributed by atoms with Gasteiger partial charge >= 0.3 is 0 Å². The molecule has 0 aliphatic carbocycles. The summed E-state index contributed by atoms with van der Waals surface area (Å²) in [6.07, 6.45) is 0.928. The van der Waals surface area contributed by atoms with Crippen LogP contribution in [0.3, 0.4) is 0 Å². The summed E-state index contributed by atoms with van der Waals surface area (Å²) in [5, 5.41) is 7.03. The summed E-state index contributed by atoms with van der Waals surface area (Å²) >= 11 is 1.56. The molecule has 0 saturated carbocycles. The Morgan fingerprint density at radius 1 is 1.69 bits per heavy atom. The number of hydrogen-bond acceptors (Lipinski definition) is 5. The number of ether oxygens (including phenoxy) is 1. The topological polar surface area (TPSA) is 46.5 Å². The first-order valence-electron chi connectivity index (χ1n) is 4.16. The third kappa shape index (κ3) is 2.26. The fourth-order valence-electron chi connectivity index (χ4n) is 1.07. The van der Waals surface area contributed by atoms with Crippen molar-refractivity contribution in [3.63, 3.8) is 0 Å². The van der Waals surface area contributed by atoms with Gasteiger partial charge in [-0.2, -0.15) is 5.10 Å². The Morgan fingerprint density at radius 2 is 2.62 bits per heavy atom. The van der Waals surface area contributed by atoms with Crippen molar-refractivity contribution >= 4 is 22.2 Å². The van der Waals surface area contributed by atoms with Crippen LogP contribution in [-0.2, 0) is 4.74 Å². The number of thiazole rings is 1. The third-order valence-corrected chi connectivity index (χ3v) is 2.60. The summed E-state index contributed by atoms with van der Waals surface area (Å²) in [6, 6.07) is 0. The van der Waals surface area contributed by atoms with Gasteiger partial charge in [0.25, 0.3) is 0 Å². The largest absolute Gasteiger partial charge is 0.375 e. The molecule has 0 radical (unpaired) electrons. The molecule has 70 valence electrons. The minimum atomic E-state index is 0.650. The second-order valence-electron chi connectivity index (χ2n) is 2.89. The molecule has 0 bridgehead atoms. The van der Waals surface area contributed by atoms with E-state index in [1.807, 2.05) is 12.3 Å². The average molecular weight is 197 g/mol. The van der Waals surface area contributed by atoms with Gasteiger partial charge in [0.15, 0.2) is 0 Å². The van der Waals surface area contributed by atoms with E-state index in [9.17, 15) is 0 Å². The van der Waals surface area contributed by atoms with Gasteiger partial charge < -0.3 is 4.74 Å². The first-order chi connectivity index (χ1) is 6.34. The molecule has 1 N–H and O–H groups in total. The lowest BCUT2D eigenvalue weighted by atomic mass is 10.3. The quantitative estimate of drug-likeness (QED) is 0.733. The van der Waals surface area contributed by atoms with Crippen molar-refractivity contribution in [2.75, 3.05) is 18.6 Å². The lowest BCUT2D eigenvalue weighted by molar-refractivity contribution is 0.209. The van der Waals surface area contributed by atoms with Gasteiger partial charge in [0, 0.05) is 11.8 Å². The number of hydrazone groups is 1. The molecule has 1 fully saturated rings. The van der Waals surface area contributed by atoms with Gasteiger partial charge in [-0.3, -0.25) is 5.43 Å². The Hall–Kier alpha value is -0.940. The van der Waals surface area contributed by atoms with Gasteiger partial charge in [-0.15, -0.1) is 11.3 Å². The van der Waals surface area contributed by atoms with Crippen molar-refractivity contribution in [3.05, 3.63) is 11.1 Å². The molecule has 13 heavy (non-hydrogen) atoms. The van der Waals surface area contributed by atoms with Gasteiger partial charge in [0.1, 0.15) is 0 Å². The maximum Gasteiger partial charge on any atom is 0.203 e. The molecule has 0 spiro atoms. The Kier molecular flexibility index (Phi) is 2.56. The molecule has 0 atom stereocenters. The Bertz CT molecular complexity index is 313. The Balaban J connectivity index is 1.95. The summed E-state index contributed by atoms with van der Waals surface area (Å²) in [5.41, 5.74) is 5.01. The molecular formula is C8H11N3OS. The molecule has 1 aliphatic heterocycles. The zero-order valence-electron chi connectivity index (χ0n) is 7.41. The summed E-state index contributed by atoms with van der Waals surface area (Å²) < 4.78 is 5.16. The van der Waals surface area contributed by atoms with Crippen LogP contribution < -0.4 is 5.43 Å². The van der Waals surface area contributed by atoms with Crippen molar-refractivity contribution in [2.24, 2.45) is 5.10 Å². The maximum atomic E-state index is 5.16. The molecule has 5 heteroatoms. The molecule has 2 rings (SSSR count). The van der Waals surface area contributed by atoms with Crippen LogP contribution in [0.5, 0.6) is 0 Å². The van der Waals surface area contributed by atoms with Crippen molar-refractivity contribution in [2.45, 2.75) is 13.3 Å². The van der Waals surface area contributed by atoms with Gasteiger partial charge in [0.05, 0.1) is 24.6 Å². The first kappa shape index (κ1) is 8.65. The van der Waals surface area contributed by atoms with E-state index in [0.717, 1.165) is 29.6 Å². The predicted molar refractivity (Wildman–Crippen MR) is 53.3 cm³/mol. The second kappa shape index (κ2) is 3.85. The number of anilines is 1. The van der Waals surface area contributed by atoms with Crippen LogP contribution in [0, 0.1) is 6.92 Å². The maximum absolute atomic E-state index is 5.16. The number of nitrogens with one attached hydrogen (secondary N) is 1. The number of rotatable bonds is 2. The van der Waals surface area contributed by atoms with Gasteiger partial charge in [0.2, 0.25) is 5.13 Å². The van der Waals surface area contributed by atoms with E-state index in [-0.39, 0.29) is 0 Å². The lowest BCUT2D eigenvalue weighted by Gasteiger charge is -1.94. The van der Waals surface area contributed by atoms with Crippen LogP contribution in [0.4, 0.5) is 5.13 Å². The molecule has 1 aliphatic rings. The molecule has 0 aromatic carbocycles. The van der Waals surface area contributed by atoms with Crippen molar-refractivity contribution in [3.8, 4) is 0 Å². The fourth-order valence-corrected chi connectivity index (χ4v) is 1.70. The zero-order valence-corrected chi connectivity index (χ0v) is 8.23. The summed E-state index contributed by atoms with van der Waals surface area (Å²) in [4.78, 5) is 4.23. The average Bonchev–Trinajstić information content (AvgIpc) is 2.71. The molecule has 1 aromatic rings. The van der Waals surface area contributed by atoms with E-state index in [4.69, 9.17) is 4.74 Å². The molecule has 1 aromatic heterocycles. The Morgan fingerprint density at radius 3 is 3.23 bits per heavy atom.